The minimum absolute atomic E-state index is 0.429. The second kappa shape index (κ2) is 8.85. The molecule has 1 aliphatic rings. The van der Waals surface area contributed by atoms with Gasteiger partial charge in [-0.05, 0) is 24.6 Å². The Kier molecular flexibility index (Phi) is 7.04. The van der Waals surface area contributed by atoms with Gasteiger partial charge in [0.15, 0.2) is 17.8 Å². The van der Waals surface area contributed by atoms with Crippen molar-refractivity contribution in [2.24, 2.45) is 0 Å². The topological polar surface area (TPSA) is 127 Å². The van der Waals surface area contributed by atoms with E-state index in [1.54, 1.807) is 19.1 Å². The number of aliphatic hydroxyl groups excluding tert-OH is 4. The summed E-state index contributed by atoms with van der Waals surface area (Å²) >= 11 is 0. The predicted octanol–water partition coefficient (Wildman–Crippen LogP) is -0.410. The van der Waals surface area contributed by atoms with E-state index in [4.69, 9.17) is 23.7 Å². The number of methoxy groups -OCH3 is 3. The van der Waals surface area contributed by atoms with Gasteiger partial charge in [0.05, 0.1) is 34.0 Å². The highest BCUT2D eigenvalue weighted by atomic mass is 16.7. The van der Waals surface area contributed by atoms with Crippen molar-refractivity contribution in [2.45, 2.75) is 43.7 Å². The molecule has 1 saturated heterocycles. The lowest BCUT2D eigenvalue weighted by Gasteiger charge is -2.40. The van der Waals surface area contributed by atoms with Crippen LogP contribution >= 0.6 is 0 Å². The predicted molar refractivity (Wildman–Crippen MR) is 89.4 cm³/mol. The number of benzene rings is 1. The SMILES string of the molecule is COc1cc(C(C)O[C@@H]2O[C@H](CO)[C@@H](O)[C@H](O)[C@H]2O)cc(OC)c1OC. The minimum atomic E-state index is -1.50. The van der Waals surface area contributed by atoms with E-state index in [1.165, 1.54) is 21.3 Å². The maximum atomic E-state index is 10.1. The molecular weight excluding hydrogens is 348 g/mol. The first-order valence-electron chi connectivity index (χ1n) is 8.13. The number of hydrogen-bond acceptors (Lipinski definition) is 9. The number of aliphatic hydroxyl groups is 4. The smallest absolute Gasteiger partial charge is 0.203 e. The Balaban J connectivity index is 2.22. The lowest BCUT2D eigenvalue weighted by Crippen LogP contribution is -2.59. The van der Waals surface area contributed by atoms with Crippen LogP contribution in [0.2, 0.25) is 0 Å². The van der Waals surface area contributed by atoms with Crippen molar-refractivity contribution >= 4 is 0 Å². The van der Waals surface area contributed by atoms with Crippen LogP contribution in [0.1, 0.15) is 18.6 Å². The van der Waals surface area contributed by atoms with Crippen molar-refractivity contribution in [3.05, 3.63) is 17.7 Å². The molecule has 1 fully saturated rings. The van der Waals surface area contributed by atoms with E-state index in [9.17, 15) is 20.4 Å². The normalized spacial score (nSPS) is 29.9. The molecule has 4 N–H and O–H groups in total. The Morgan fingerprint density at radius 3 is 2.00 bits per heavy atom. The zero-order chi connectivity index (χ0) is 19.4. The molecular formula is C17H26O9. The van der Waals surface area contributed by atoms with Gasteiger partial charge in [-0.2, -0.15) is 0 Å². The summed E-state index contributed by atoms with van der Waals surface area (Å²) in [5, 5.41) is 39.0. The van der Waals surface area contributed by atoms with Crippen molar-refractivity contribution in [2.75, 3.05) is 27.9 Å². The summed E-state index contributed by atoms with van der Waals surface area (Å²) in [6.45, 7) is 1.19. The van der Waals surface area contributed by atoms with Gasteiger partial charge in [-0.25, -0.2) is 0 Å². The van der Waals surface area contributed by atoms with Gasteiger partial charge in [0.25, 0.3) is 0 Å². The molecule has 9 nitrogen and oxygen atoms in total. The average Bonchev–Trinajstić information content (AvgIpc) is 2.66. The molecule has 0 amide bonds. The second-order valence-electron chi connectivity index (χ2n) is 5.93. The lowest BCUT2D eigenvalue weighted by molar-refractivity contribution is -0.311. The van der Waals surface area contributed by atoms with Gasteiger partial charge in [-0.15, -0.1) is 0 Å². The zero-order valence-corrected chi connectivity index (χ0v) is 15.2. The van der Waals surface area contributed by atoms with Crippen molar-refractivity contribution in [3.63, 3.8) is 0 Å². The van der Waals surface area contributed by atoms with Crippen molar-refractivity contribution in [3.8, 4) is 17.2 Å². The third kappa shape index (κ3) is 4.03. The second-order valence-corrected chi connectivity index (χ2v) is 5.93. The molecule has 1 unspecified atom stereocenters. The first-order chi connectivity index (χ1) is 12.4. The summed E-state index contributed by atoms with van der Waals surface area (Å²) in [6, 6.07) is 3.38. The average molecular weight is 374 g/mol. The van der Waals surface area contributed by atoms with Gasteiger partial charge in [0.2, 0.25) is 5.75 Å². The molecule has 0 aromatic heterocycles. The van der Waals surface area contributed by atoms with E-state index in [0.29, 0.717) is 22.8 Å². The Morgan fingerprint density at radius 2 is 1.54 bits per heavy atom. The molecule has 0 spiro atoms. The molecule has 0 saturated carbocycles. The first-order valence-corrected chi connectivity index (χ1v) is 8.13. The number of ether oxygens (including phenoxy) is 5. The third-order valence-electron chi connectivity index (χ3n) is 4.34. The van der Waals surface area contributed by atoms with Gasteiger partial charge in [0.1, 0.15) is 24.4 Å². The van der Waals surface area contributed by atoms with Crippen LogP contribution in [0.15, 0.2) is 12.1 Å². The molecule has 1 aromatic carbocycles. The van der Waals surface area contributed by atoms with E-state index in [1.807, 2.05) is 0 Å². The van der Waals surface area contributed by atoms with Crippen LogP contribution in [-0.2, 0) is 9.47 Å². The van der Waals surface area contributed by atoms with Gasteiger partial charge in [0, 0.05) is 0 Å². The van der Waals surface area contributed by atoms with Crippen molar-refractivity contribution in [1.29, 1.82) is 0 Å². The molecule has 0 aliphatic carbocycles. The highest BCUT2D eigenvalue weighted by Gasteiger charge is 2.44. The Labute approximate surface area is 151 Å². The lowest BCUT2D eigenvalue weighted by atomic mass is 9.99. The summed E-state index contributed by atoms with van der Waals surface area (Å²) in [6.07, 6.45) is -7.28. The molecule has 0 radical (unpaired) electrons. The van der Waals surface area contributed by atoms with Crippen LogP contribution in [0.5, 0.6) is 17.2 Å². The van der Waals surface area contributed by atoms with Gasteiger partial charge < -0.3 is 44.1 Å². The molecule has 0 bridgehead atoms. The largest absolute Gasteiger partial charge is 0.493 e. The molecule has 26 heavy (non-hydrogen) atoms. The van der Waals surface area contributed by atoms with Crippen LogP contribution in [0, 0.1) is 0 Å². The highest BCUT2D eigenvalue weighted by Crippen LogP contribution is 2.40. The highest BCUT2D eigenvalue weighted by molar-refractivity contribution is 5.54. The summed E-state index contributed by atoms with van der Waals surface area (Å²) in [5.74, 6) is 1.30. The van der Waals surface area contributed by atoms with Crippen molar-refractivity contribution < 1.29 is 44.1 Å². The van der Waals surface area contributed by atoms with E-state index in [0.717, 1.165) is 0 Å². The first kappa shape index (κ1) is 20.7. The van der Waals surface area contributed by atoms with Crippen LogP contribution in [0.3, 0.4) is 0 Å². The van der Waals surface area contributed by atoms with Crippen LogP contribution < -0.4 is 14.2 Å². The van der Waals surface area contributed by atoms with Gasteiger partial charge >= 0.3 is 0 Å². The van der Waals surface area contributed by atoms with Gasteiger partial charge in [-0.3, -0.25) is 0 Å². The molecule has 2 rings (SSSR count). The fourth-order valence-electron chi connectivity index (χ4n) is 2.80. The van der Waals surface area contributed by atoms with E-state index >= 15 is 0 Å². The summed E-state index contributed by atoms with van der Waals surface area (Å²) < 4.78 is 26.9. The molecule has 9 heteroatoms. The van der Waals surface area contributed by atoms with E-state index in [-0.39, 0.29) is 0 Å². The van der Waals surface area contributed by atoms with Crippen LogP contribution in [-0.4, -0.2) is 79.1 Å². The molecule has 1 aliphatic heterocycles. The van der Waals surface area contributed by atoms with E-state index < -0.39 is 43.4 Å². The molecule has 1 heterocycles. The number of hydrogen-bond donors (Lipinski definition) is 4. The summed E-state index contributed by atoms with van der Waals surface area (Å²) in [4.78, 5) is 0. The standard InChI is InChI=1S/C17H26O9/c1-8(9-5-10(22-2)16(24-4)11(6-9)23-3)25-17-15(21)14(20)13(19)12(7-18)26-17/h5-6,8,12-15,17-21H,7H2,1-4H3/t8?,12-,13-,14+,15-,17-/m1/s1. The minimum Gasteiger partial charge on any atom is -0.493 e. The fraction of sp³-hybridized carbons (Fsp3) is 0.647. The van der Waals surface area contributed by atoms with Crippen molar-refractivity contribution in [1.82, 2.24) is 0 Å². The summed E-state index contributed by atoms with van der Waals surface area (Å²) in [7, 11) is 4.47. The molecule has 6 atom stereocenters. The third-order valence-corrected chi connectivity index (χ3v) is 4.34. The van der Waals surface area contributed by atoms with Crippen LogP contribution in [0.4, 0.5) is 0 Å². The van der Waals surface area contributed by atoms with E-state index in [2.05, 4.69) is 0 Å². The maximum absolute atomic E-state index is 10.1. The zero-order valence-electron chi connectivity index (χ0n) is 15.2. The quantitative estimate of drug-likeness (QED) is 0.504. The molecule has 148 valence electrons. The number of rotatable bonds is 7. The Hall–Kier alpha value is -1.62. The van der Waals surface area contributed by atoms with Gasteiger partial charge in [-0.1, -0.05) is 0 Å². The fourth-order valence-corrected chi connectivity index (χ4v) is 2.80. The molecule has 1 aromatic rings. The Morgan fingerprint density at radius 1 is 0.962 bits per heavy atom. The Bertz CT molecular complexity index is 567. The summed E-state index contributed by atoms with van der Waals surface area (Å²) in [5.41, 5.74) is 0.650. The monoisotopic (exact) mass is 374 g/mol. The maximum Gasteiger partial charge on any atom is 0.203 e. The van der Waals surface area contributed by atoms with Crippen LogP contribution in [0.25, 0.3) is 0 Å².